The predicted molar refractivity (Wildman–Crippen MR) is 107 cm³/mol. The molecular weight excluding hydrogens is 368 g/mol. The maximum atomic E-state index is 12.6. The topological polar surface area (TPSA) is 67.3 Å². The van der Waals surface area contributed by atoms with Crippen molar-refractivity contribution in [3.8, 4) is 5.75 Å². The minimum atomic E-state index is 0.189. The molecule has 0 unspecified atom stereocenters. The number of amides is 1. The Kier molecular flexibility index (Phi) is 6.37. The Hall–Kier alpha value is -1.80. The van der Waals surface area contributed by atoms with Gasteiger partial charge in [-0.05, 0) is 57.4 Å². The van der Waals surface area contributed by atoms with Gasteiger partial charge >= 0.3 is 0 Å². The lowest BCUT2D eigenvalue weighted by molar-refractivity contribution is -0.134. The summed E-state index contributed by atoms with van der Waals surface area (Å²) in [6.07, 6.45) is 3.39. The maximum absolute atomic E-state index is 12.6. The quantitative estimate of drug-likeness (QED) is 0.744. The molecule has 2 atom stereocenters. The molecular formula is C18H24N4O2S2. The van der Waals surface area contributed by atoms with Crippen LogP contribution in [0.15, 0.2) is 28.6 Å². The number of thioether (sulfide) groups is 1. The largest absolute Gasteiger partial charge is 0.497 e. The molecule has 1 aliphatic heterocycles. The van der Waals surface area contributed by atoms with Gasteiger partial charge in [0.2, 0.25) is 11.0 Å². The SMILES string of the molecule is COc1ccc(Nc2nnc(SCC(=O)N3[C@H](C)CCC[C@@H]3C)s2)cc1. The molecule has 1 aliphatic rings. The van der Waals surface area contributed by atoms with Gasteiger partial charge in [-0.2, -0.15) is 0 Å². The van der Waals surface area contributed by atoms with E-state index in [1.807, 2.05) is 29.2 Å². The molecule has 0 spiro atoms. The number of aromatic nitrogens is 2. The van der Waals surface area contributed by atoms with Crippen LogP contribution < -0.4 is 10.1 Å². The molecule has 140 valence electrons. The molecule has 2 heterocycles. The van der Waals surface area contributed by atoms with Gasteiger partial charge in [-0.15, -0.1) is 10.2 Å². The van der Waals surface area contributed by atoms with Crippen molar-refractivity contribution in [3.63, 3.8) is 0 Å². The van der Waals surface area contributed by atoms with Crippen LogP contribution in [0.3, 0.4) is 0 Å². The number of methoxy groups -OCH3 is 1. The van der Waals surface area contributed by atoms with E-state index in [4.69, 9.17) is 4.74 Å². The zero-order valence-corrected chi connectivity index (χ0v) is 16.9. The number of benzene rings is 1. The number of hydrogen-bond acceptors (Lipinski definition) is 7. The van der Waals surface area contributed by atoms with E-state index in [9.17, 15) is 4.79 Å². The Morgan fingerprint density at radius 1 is 1.27 bits per heavy atom. The van der Waals surface area contributed by atoms with Crippen molar-refractivity contribution in [2.75, 3.05) is 18.2 Å². The summed E-state index contributed by atoms with van der Waals surface area (Å²) in [6, 6.07) is 8.28. The third-order valence-electron chi connectivity index (χ3n) is 4.55. The van der Waals surface area contributed by atoms with E-state index in [-0.39, 0.29) is 5.91 Å². The number of rotatable bonds is 6. The molecule has 1 aromatic carbocycles. The average molecular weight is 393 g/mol. The van der Waals surface area contributed by atoms with Gasteiger partial charge in [-0.3, -0.25) is 4.79 Å². The molecule has 1 fully saturated rings. The van der Waals surface area contributed by atoms with Crippen molar-refractivity contribution in [2.24, 2.45) is 0 Å². The standard InChI is InChI=1S/C18H24N4O2S2/c1-12-5-4-6-13(2)22(12)16(23)11-25-18-21-20-17(26-18)19-14-7-9-15(24-3)10-8-14/h7-10,12-13H,4-6,11H2,1-3H3,(H,19,20)/t12-,13+. The number of carbonyl (C=O) groups is 1. The highest BCUT2D eigenvalue weighted by molar-refractivity contribution is 8.01. The fourth-order valence-corrected chi connectivity index (χ4v) is 4.87. The first-order valence-electron chi connectivity index (χ1n) is 8.75. The monoisotopic (exact) mass is 392 g/mol. The fraction of sp³-hybridized carbons (Fsp3) is 0.500. The van der Waals surface area contributed by atoms with Crippen molar-refractivity contribution in [1.29, 1.82) is 0 Å². The first-order chi connectivity index (χ1) is 12.6. The summed E-state index contributed by atoms with van der Waals surface area (Å²) in [6.45, 7) is 4.28. The summed E-state index contributed by atoms with van der Waals surface area (Å²) >= 11 is 2.91. The highest BCUT2D eigenvalue weighted by Gasteiger charge is 2.28. The van der Waals surface area contributed by atoms with E-state index in [0.29, 0.717) is 23.0 Å². The van der Waals surface area contributed by atoms with E-state index < -0.39 is 0 Å². The molecule has 0 saturated carbocycles. The number of piperidine rings is 1. The number of likely N-dealkylation sites (tertiary alicyclic amines) is 1. The van der Waals surface area contributed by atoms with Crippen LogP contribution in [0.1, 0.15) is 33.1 Å². The second kappa shape index (κ2) is 8.73. The third-order valence-corrected chi connectivity index (χ3v) is 6.51. The van der Waals surface area contributed by atoms with Gasteiger partial charge in [0.05, 0.1) is 12.9 Å². The molecule has 0 radical (unpaired) electrons. The van der Waals surface area contributed by atoms with Crippen molar-refractivity contribution >= 4 is 39.8 Å². The summed E-state index contributed by atoms with van der Waals surface area (Å²) < 4.78 is 5.95. The molecule has 26 heavy (non-hydrogen) atoms. The van der Waals surface area contributed by atoms with E-state index in [0.717, 1.165) is 28.6 Å². The van der Waals surface area contributed by atoms with Crippen LogP contribution in [0.5, 0.6) is 5.75 Å². The highest BCUT2D eigenvalue weighted by Crippen LogP contribution is 2.30. The maximum Gasteiger partial charge on any atom is 0.233 e. The van der Waals surface area contributed by atoms with Crippen LogP contribution in [0.2, 0.25) is 0 Å². The Morgan fingerprint density at radius 2 is 1.96 bits per heavy atom. The number of anilines is 2. The zero-order chi connectivity index (χ0) is 18.5. The molecule has 8 heteroatoms. The minimum Gasteiger partial charge on any atom is -0.497 e. The zero-order valence-electron chi connectivity index (χ0n) is 15.3. The van der Waals surface area contributed by atoms with Crippen molar-refractivity contribution in [1.82, 2.24) is 15.1 Å². The molecule has 0 bridgehead atoms. The van der Waals surface area contributed by atoms with Crippen molar-refractivity contribution < 1.29 is 9.53 Å². The van der Waals surface area contributed by atoms with Gasteiger partial charge in [0.25, 0.3) is 0 Å². The highest BCUT2D eigenvalue weighted by atomic mass is 32.2. The molecule has 0 aliphatic carbocycles. The molecule has 2 aromatic rings. The van der Waals surface area contributed by atoms with Crippen LogP contribution in [-0.4, -0.2) is 46.0 Å². The lowest BCUT2D eigenvalue weighted by Gasteiger charge is -2.39. The smallest absolute Gasteiger partial charge is 0.233 e. The number of nitrogens with one attached hydrogen (secondary N) is 1. The normalized spacial score (nSPS) is 20.0. The van der Waals surface area contributed by atoms with Gasteiger partial charge in [0, 0.05) is 17.8 Å². The van der Waals surface area contributed by atoms with Gasteiger partial charge in [0.15, 0.2) is 4.34 Å². The van der Waals surface area contributed by atoms with E-state index >= 15 is 0 Å². The van der Waals surface area contributed by atoms with E-state index in [2.05, 4.69) is 29.4 Å². The molecule has 6 nitrogen and oxygen atoms in total. The Labute approximate surface area is 162 Å². The van der Waals surface area contributed by atoms with Crippen LogP contribution in [0.4, 0.5) is 10.8 Å². The number of hydrogen-bond donors (Lipinski definition) is 1. The number of carbonyl (C=O) groups excluding carboxylic acids is 1. The van der Waals surface area contributed by atoms with Crippen LogP contribution in [0.25, 0.3) is 0 Å². The average Bonchev–Trinajstić information content (AvgIpc) is 3.08. The first-order valence-corrected chi connectivity index (χ1v) is 10.6. The summed E-state index contributed by atoms with van der Waals surface area (Å²) in [5.41, 5.74) is 0.922. The molecule has 3 rings (SSSR count). The summed E-state index contributed by atoms with van der Waals surface area (Å²) in [5.74, 6) is 1.41. The second-order valence-electron chi connectivity index (χ2n) is 6.45. The first kappa shape index (κ1) is 19.0. The van der Waals surface area contributed by atoms with E-state index in [1.54, 1.807) is 7.11 Å². The van der Waals surface area contributed by atoms with Crippen LogP contribution in [-0.2, 0) is 4.79 Å². The van der Waals surface area contributed by atoms with Gasteiger partial charge in [0.1, 0.15) is 5.75 Å². The van der Waals surface area contributed by atoms with Gasteiger partial charge in [-0.1, -0.05) is 23.1 Å². The van der Waals surface area contributed by atoms with Crippen molar-refractivity contribution in [2.45, 2.75) is 49.5 Å². The fourth-order valence-electron chi connectivity index (χ4n) is 3.23. The number of nitrogens with zero attached hydrogens (tertiary/aromatic N) is 3. The minimum absolute atomic E-state index is 0.189. The Morgan fingerprint density at radius 3 is 2.62 bits per heavy atom. The molecule has 1 amide bonds. The van der Waals surface area contributed by atoms with Crippen molar-refractivity contribution in [3.05, 3.63) is 24.3 Å². The van der Waals surface area contributed by atoms with Gasteiger partial charge in [-0.25, -0.2) is 0 Å². The van der Waals surface area contributed by atoms with Crippen LogP contribution in [0, 0.1) is 0 Å². The molecule has 1 aromatic heterocycles. The predicted octanol–water partition coefficient (Wildman–Crippen LogP) is 4.17. The third kappa shape index (κ3) is 4.67. The number of ether oxygens (including phenoxy) is 1. The van der Waals surface area contributed by atoms with E-state index in [1.165, 1.54) is 29.5 Å². The van der Waals surface area contributed by atoms with Crippen LogP contribution >= 0.6 is 23.1 Å². The molecule has 1 N–H and O–H groups in total. The lowest BCUT2D eigenvalue weighted by atomic mass is 9.98. The lowest BCUT2D eigenvalue weighted by Crippen LogP contribution is -2.48. The summed E-state index contributed by atoms with van der Waals surface area (Å²) in [7, 11) is 1.64. The Bertz CT molecular complexity index is 725. The second-order valence-corrected chi connectivity index (χ2v) is 8.65. The molecule has 1 saturated heterocycles. The summed E-state index contributed by atoms with van der Waals surface area (Å²) in [5, 5.41) is 12.3. The van der Waals surface area contributed by atoms with Gasteiger partial charge < -0.3 is 15.0 Å². The summed E-state index contributed by atoms with van der Waals surface area (Å²) in [4.78, 5) is 14.6. The Balaban J connectivity index is 1.53.